The molecule has 0 atom stereocenters. The molecule has 0 aromatic carbocycles. The Kier molecular flexibility index (Phi) is 11.1. The van der Waals surface area contributed by atoms with Crippen LogP contribution in [0.1, 0.15) is 32.6 Å². The van der Waals surface area contributed by atoms with Gasteiger partial charge in [-0.05, 0) is 43.0 Å². The highest BCUT2D eigenvalue weighted by Gasteiger charge is 2.36. The summed E-state index contributed by atoms with van der Waals surface area (Å²) in [5.41, 5.74) is 0.263. The molecule has 1 heterocycles. The predicted octanol–water partition coefficient (Wildman–Crippen LogP) is 2.41. The van der Waals surface area contributed by atoms with Gasteiger partial charge >= 0.3 is 0 Å². The van der Waals surface area contributed by atoms with E-state index in [1.54, 1.807) is 24.6 Å². The summed E-state index contributed by atoms with van der Waals surface area (Å²) in [6.07, 6.45) is 4.68. The third kappa shape index (κ3) is 7.84. The first-order valence-electron chi connectivity index (χ1n) is 9.06. The minimum Gasteiger partial charge on any atom is -0.385 e. The Bertz CT molecular complexity index is 662. The SMILES string of the molecule is CCNC(=NCC1(CCOC)CCC1)NCCNS(=O)(=O)c1cccs1.I. The second-order valence-corrected chi connectivity index (χ2v) is 9.49. The molecule has 1 fully saturated rings. The fourth-order valence-corrected chi connectivity index (χ4v) is 4.99. The highest BCUT2D eigenvalue weighted by Crippen LogP contribution is 2.44. The van der Waals surface area contributed by atoms with E-state index in [0.717, 1.165) is 32.1 Å². The number of sulfonamides is 1. The van der Waals surface area contributed by atoms with Crippen LogP contribution in [0.4, 0.5) is 0 Å². The van der Waals surface area contributed by atoms with Crippen molar-refractivity contribution in [2.75, 3.05) is 39.9 Å². The Morgan fingerprint density at radius 3 is 2.67 bits per heavy atom. The van der Waals surface area contributed by atoms with Gasteiger partial charge in [-0.25, -0.2) is 13.1 Å². The normalized spacial score (nSPS) is 16.3. The van der Waals surface area contributed by atoms with E-state index in [4.69, 9.17) is 9.73 Å². The topological polar surface area (TPSA) is 91.8 Å². The molecule has 10 heteroatoms. The average Bonchev–Trinajstić information content (AvgIpc) is 3.13. The second kappa shape index (κ2) is 12.2. The van der Waals surface area contributed by atoms with Gasteiger partial charge in [0.05, 0.1) is 0 Å². The highest BCUT2D eigenvalue weighted by molar-refractivity contribution is 14.0. The number of methoxy groups -OCH3 is 1. The lowest BCUT2D eigenvalue weighted by atomic mass is 9.67. The van der Waals surface area contributed by atoms with Crippen LogP contribution in [-0.4, -0.2) is 54.3 Å². The Hall–Kier alpha value is -0.430. The summed E-state index contributed by atoms with van der Waals surface area (Å²) < 4.78 is 32.3. The van der Waals surface area contributed by atoms with Gasteiger partial charge in [-0.15, -0.1) is 35.3 Å². The number of guanidine groups is 1. The lowest BCUT2D eigenvalue weighted by Gasteiger charge is -2.40. The molecule has 3 N–H and O–H groups in total. The van der Waals surface area contributed by atoms with Crippen LogP contribution in [0.15, 0.2) is 26.7 Å². The Labute approximate surface area is 183 Å². The quantitative estimate of drug-likeness (QED) is 0.177. The molecule has 0 saturated heterocycles. The first-order chi connectivity index (χ1) is 12.5. The Morgan fingerprint density at radius 2 is 2.11 bits per heavy atom. The van der Waals surface area contributed by atoms with Crippen LogP contribution in [-0.2, 0) is 14.8 Å². The minimum absolute atomic E-state index is 0. The van der Waals surface area contributed by atoms with Crippen molar-refractivity contribution in [1.82, 2.24) is 15.4 Å². The molecule has 1 aliphatic carbocycles. The number of thiophene rings is 1. The van der Waals surface area contributed by atoms with Crippen LogP contribution in [0.5, 0.6) is 0 Å². The fourth-order valence-electron chi connectivity index (χ4n) is 2.92. The molecule has 0 unspecified atom stereocenters. The van der Waals surface area contributed by atoms with E-state index >= 15 is 0 Å². The van der Waals surface area contributed by atoms with Gasteiger partial charge in [0, 0.05) is 39.9 Å². The zero-order valence-corrected chi connectivity index (χ0v) is 20.0. The molecular formula is C17H31IN4O3S2. The first kappa shape index (κ1) is 24.6. The lowest BCUT2D eigenvalue weighted by molar-refractivity contribution is 0.0778. The van der Waals surface area contributed by atoms with Crippen LogP contribution in [0.2, 0.25) is 0 Å². The summed E-state index contributed by atoms with van der Waals surface area (Å²) in [5.74, 6) is 0.728. The van der Waals surface area contributed by atoms with E-state index in [1.807, 2.05) is 6.92 Å². The molecule has 0 bridgehead atoms. The average molecular weight is 530 g/mol. The van der Waals surface area contributed by atoms with Gasteiger partial charge in [0.2, 0.25) is 10.0 Å². The van der Waals surface area contributed by atoms with Crippen LogP contribution in [0, 0.1) is 5.41 Å². The molecule has 0 amide bonds. The molecule has 1 aromatic rings. The van der Waals surface area contributed by atoms with Crippen molar-refractivity contribution < 1.29 is 13.2 Å². The van der Waals surface area contributed by atoms with Crippen molar-refractivity contribution in [3.8, 4) is 0 Å². The smallest absolute Gasteiger partial charge is 0.250 e. The molecule has 27 heavy (non-hydrogen) atoms. The number of rotatable bonds is 11. The maximum atomic E-state index is 12.1. The summed E-state index contributed by atoms with van der Waals surface area (Å²) in [7, 11) is -1.68. The number of nitrogens with one attached hydrogen (secondary N) is 3. The third-order valence-electron chi connectivity index (χ3n) is 4.64. The number of aliphatic imine (C=N–C) groups is 1. The van der Waals surface area contributed by atoms with Gasteiger partial charge < -0.3 is 15.4 Å². The van der Waals surface area contributed by atoms with Crippen molar-refractivity contribution >= 4 is 51.3 Å². The summed E-state index contributed by atoms with van der Waals surface area (Å²) in [6, 6.07) is 3.33. The lowest BCUT2D eigenvalue weighted by Crippen LogP contribution is -2.43. The second-order valence-electron chi connectivity index (χ2n) is 6.55. The number of ether oxygens (including phenoxy) is 1. The highest BCUT2D eigenvalue weighted by atomic mass is 127. The van der Waals surface area contributed by atoms with Crippen LogP contribution < -0.4 is 15.4 Å². The zero-order valence-electron chi connectivity index (χ0n) is 16.0. The molecule has 7 nitrogen and oxygen atoms in total. The van der Waals surface area contributed by atoms with Crippen molar-refractivity contribution in [2.24, 2.45) is 10.4 Å². The van der Waals surface area contributed by atoms with Gasteiger partial charge in [-0.3, -0.25) is 4.99 Å². The van der Waals surface area contributed by atoms with E-state index in [0.29, 0.717) is 17.3 Å². The largest absolute Gasteiger partial charge is 0.385 e. The molecular weight excluding hydrogens is 499 g/mol. The molecule has 2 rings (SSSR count). The molecule has 1 aliphatic rings. The predicted molar refractivity (Wildman–Crippen MR) is 122 cm³/mol. The molecule has 0 radical (unpaired) electrons. The fraction of sp³-hybridized carbons (Fsp3) is 0.706. The van der Waals surface area contributed by atoms with E-state index in [-0.39, 0.29) is 29.4 Å². The summed E-state index contributed by atoms with van der Waals surface area (Å²) in [6.45, 7) is 5.09. The summed E-state index contributed by atoms with van der Waals surface area (Å²) in [4.78, 5) is 4.71. The monoisotopic (exact) mass is 530 g/mol. The van der Waals surface area contributed by atoms with Gasteiger partial charge in [0.15, 0.2) is 5.96 Å². The molecule has 156 valence electrons. The number of halogens is 1. The van der Waals surface area contributed by atoms with Crippen molar-refractivity contribution in [2.45, 2.75) is 36.8 Å². The number of hydrogen-bond donors (Lipinski definition) is 3. The van der Waals surface area contributed by atoms with E-state index in [1.165, 1.54) is 30.6 Å². The molecule has 1 saturated carbocycles. The van der Waals surface area contributed by atoms with E-state index < -0.39 is 10.0 Å². The third-order valence-corrected chi connectivity index (χ3v) is 7.50. The van der Waals surface area contributed by atoms with Gasteiger partial charge in [0.25, 0.3) is 0 Å². The standard InChI is InChI=1S/C17H30N4O3S2.HI/c1-3-18-16(20-14-17(7-5-8-17)9-12-24-2)19-10-11-21-26(22,23)15-6-4-13-25-15;/h4,6,13,21H,3,5,7-12,14H2,1-2H3,(H2,18,19,20);1H. The molecule has 0 aliphatic heterocycles. The van der Waals surface area contributed by atoms with Crippen LogP contribution in [0.25, 0.3) is 0 Å². The van der Waals surface area contributed by atoms with Gasteiger partial charge in [0.1, 0.15) is 4.21 Å². The molecule has 0 spiro atoms. The van der Waals surface area contributed by atoms with Crippen LogP contribution >= 0.6 is 35.3 Å². The van der Waals surface area contributed by atoms with Crippen LogP contribution in [0.3, 0.4) is 0 Å². The number of hydrogen-bond acceptors (Lipinski definition) is 5. The van der Waals surface area contributed by atoms with Crippen molar-refractivity contribution in [3.05, 3.63) is 17.5 Å². The van der Waals surface area contributed by atoms with E-state index in [2.05, 4.69) is 15.4 Å². The summed E-state index contributed by atoms with van der Waals surface area (Å²) >= 11 is 1.21. The molecule has 1 aromatic heterocycles. The van der Waals surface area contributed by atoms with Gasteiger partial charge in [-0.1, -0.05) is 12.5 Å². The maximum Gasteiger partial charge on any atom is 0.250 e. The van der Waals surface area contributed by atoms with E-state index in [9.17, 15) is 8.42 Å². The number of nitrogens with zero attached hydrogens (tertiary/aromatic N) is 1. The van der Waals surface area contributed by atoms with Crippen molar-refractivity contribution in [3.63, 3.8) is 0 Å². The Morgan fingerprint density at radius 1 is 1.33 bits per heavy atom. The van der Waals surface area contributed by atoms with Gasteiger partial charge in [-0.2, -0.15) is 0 Å². The summed E-state index contributed by atoms with van der Waals surface area (Å²) in [5, 5.41) is 8.17. The zero-order chi connectivity index (χ0) is 18.9. The van der Waals surface area contributed by atoms with Crippen molar-refractivity contribution in [1.29, 1.82) is 0 Å². The maximum absolute atomic E-state index is 12.1. The minimum atomic E-state index is -3.41. The first-order valence-corrected chi connectivity index (χ1v) is 11.4. The Balaban J connectivity index is 0.00000364.